The molecule has 114 valence electrons. The van der Waals surface area contributed by atoms with Gasteiger partial charge in [0.15, 0.2) is 0 Å². The number of aryl methyl sites for hydroxylation is 1. The third-order valence-electron chi connectivity index (χ3n) is 2.36. The van der Waals surface area contributed by atoms with Crippen molar-refractivity contribution in [1.29, 1.82) is 0 Å². The van der Waals surface area contributed by atoms with Crippen LogP contribution in [0.1, 0.15) is 6.42 Å². The molecule has 10 nitrogen and oxygen atoms in total. The Labute approximate surface area is 117 Å². The van der Waals surface area contributed by atoms with Crippen LogP contribution in [-0.2, 0) is 20.9 Å². The summed E-state index contributed by atoms with van der Waals surface area (Å²) in [5, 5.41) is 12.7. The van der Waals surface area contributed by atoms with Crippen LogP contribution in [0.5, 0.6) is 0 Å². The number of carboxylic acids is 1. The van der Waals surface area contributed by atoms with Crippen LogP contribution in [0.2, 0.25) is 0 Å². The van der Waals surface area contributed by atoms with E-state index < -0.39 is 35.6 Å². The van der Waals surface area contributed by atoms with Crippen LogP contribution < -0.4 is 21.9 Å². The van der Waals surface area contributed by atoms with Crippen molar-refractivity contribution < 1.29 is 19.5 Å². The van der Waals surface area contributed by atoms with Gasteiger partial charge in [-0.2, -0.15) is 0 Å². The zero-order valence-corrected chi connectivity index (χ0v) is 10.9. The molecule has 4 N–H and O–H groups in total. The maximum atomic E-state index is 11.4. The highest BCUT2D eigenvalue weighted by Gasteiger charge is 2.07. The molecule has 21 heavy (non-hydrogen) atoms. The summed E-state index contributed by atoms with van der Waals surface area (Å²) in [5.41, 5.74) is -1.16. The third-order valence-corrected chi connectivity index (χ3v) is 2.36. The van der Waals surface area contributed by atoms with E-state index in [0.29, 0.717) is 0 Å². The predicted octanol–water partition coefficient (Wildman–Crippen LogP) is -2.76. The van der Waals surface area contributed by atoms with Gasteiger partial charge in [-0.3, -0.25) is 24.2 Å². The van der Waals surface area contributed by atoms with Crippen LogP contribution >= 0.6 is 0 Å². The van der Waals surface area contributed by atoms with E-state index in [1.54, 1.807) is 0 Å². The van der Waals surface area contributed by atoms with Crippen molar-refractivity contribution in [2.45, 2.75) is 13.0 Å². The molecule has 0 aromatic carbocycles. The van der Waals surface area contributed by atoms with Crippen molar-refractivity contribution in [3.63, 3.8) is 0 Å². The molecular weight excluding hydrogens is 284 g/mol. The molecule has 1 heterocycles. The van der Waals surface area contributed by atoms with Crippen molar-refractivity contribution in [1.82, 2.24) is 20.2 Å². The lowest BCUT2D eigenvalue weighted by atomic mass is 10.4. The number of rotatable bonds is 7. The molecule has 0 atom stereocenters. The molecule has 2 amide bonds. The number of nitrogens with one attached hydrogen (secondary N) is 3. The molecule has 1 aromatic heterocycles. The first-order valence-corrected chi connectivity index (χ1v) is 5.93. The topological polar surface area (TPSA) is 150 Å². The Balaban J connectivity index is 2.34. The van der Waals surface area contributed by atoms with Crippen LogP contribution in [0.3, 0.4) is 0 Å². The summed E-state index contributed by atoms with van der Waals surface area (Å²) in [4.78, 5) is 57.0. The van der Waals surface area contributed by atoms with Crippen LogP contribution in [-0.4, -0.2) is 45.5 Å². The monoisotopic (exact) mass is 298 g/mol. The fourth-order valence-electron chi connectivity index (χ4n) is 1.35. The van der Waals surface area contributed by atoms with Gasteiger partial charge in [0, 0.05) is 25.2 Å². The van der Waals surface area contributed by atoms with E-state index >= 15 is 0 Å². The highest BCUT2D eigenvalue weighted by molar-refractivity contribution is 5.86. The summed E-state index contributed by atoms with van der Waals surface area (Å²) in [6.07, 6.45) is 1.19. The smallest absolute Gasteiger partial charge is 0.328 e. The van der Waals surface area contributed by atoms with E-state index in [9.17, 15) is 24.0 Å². The van der Waals surface area contributed by atoms with Crippen molar-refractivity contribution >= 4 is 17.8 Å². The van der Waals surface area contributed by atoms with Crippen molar-refractivity contribution in [2.75, 3.05) is 13.1 Å². The number of H-pyrrole nitrogens is 1. The Hall–Kier alpha value is -2.91. The van der Waals surface area contributed by atoms with Crippen LogP contribution in [0, 0.1) is 0 Å². The maximum Gasteiger partial charge on any atom is 0.328 e. The van der Waals surface area contributed by atoms with Gasteiger partial charge in [0.25, 0.3) is 5.56 Å². The van der Waals surface area contributed by atoms with E-state index in [1.807, 2.05) is 4.98 Å². The minimum absolute atomic E-state index is 0.0399. The van der Waals surface area contributed by atoms with E-state index in [0.717, 1.165) is 10.6 Å². The number of hydrogen-bond donors (Lipinski definition) is 4. The zero-order chi connectivity index (χ0) is 15.8. The Morgan fingerprint density at radius 3 is 2.43 bits per heavy atom. The minimum atomic E-state index is -1.19. The Kier molecular flexibility index (Phi) is 5.86. The standard InChI is InChI=1S/C11H14N4O6/c16-7(12-5-9(18)13-6-10(19)20)1-3-15-4-2-8(17)14-11(15)21/h2,4H,1,3,5-6H2,(H,12,16)(H,13,18)(H,19,20)(H,14,17,21). The molecule has 10 heteroatoms. The predicted molar refractivity (Wildman–Crippen MR) is 69.6 cm³/mol. The summed E-state index contributed by atoms with van der Waals surface area (Å²) in [6.45, 7) is -0.841. The molecule has 0 unspecified atom stereocenters. The van der Waals surface area contributed by atoms with Gasteiger partial charge in [-0.25, -0.2) is 4.79 Å². The molecule has 0 radical (unpaired) electrons. The number of carboxylic acid groups (broad SMARTS) is 1. The summed E-state index contributed by atoms with van der Waals surface area (Å²) < 4.78 is 1.14. The minimum Gasteiger partial charge on any atom is -0.480 e. The van der Waals surface area contributed by atoms with E-state index in [4.69, 9.17) is 5.11 Å². The second-order valence-electron chi connectivity index (χ2n) is 4.00. The number of aromatic amines is 1. The average Bonchev–Trinajstić information content (AvgIpc) is 2.41. The fraction of sp³-hybridized carbons (Fsp3) is 0.364. The number of hydrogen-bond acceptors (Lipinski definition) is 5. The molecule has 0 fully saturated rings. The molecule has 0 aliphatic heterocycles. The molecule has 1 aromatic rings. The number of nitrogens with zero attached hydrogens (tertiary/aromatic N) is 1. The lowest BCUT2D eigenvalue weighted by Crippen LogP contribution is -2.39. The normalized spacial score (nSPS) is 9.90. The summed E-state index contributed by atoms with van der Waals surface area (Å²) in [7, 11) is 0. The maximum absolute atomic E-state index is 11.4. The number of aromatic nitrogens is 2. The van der Waals surface area contributed by atoms with Gasteiger partial charge in [-0.15, -0.1) is 0 Å². The van der Waals surface area contributed by atoms with Gasteiger partial charge in [0.1, 0.15) is 6.54 Å². The molecule has 0 saturated heterocycles. The number of amides is 2. The van der Waals surface area contributed by atoms with E-state index in [1.165, 1.54) is 6.20 Å². The lowest BCUT2D eigenvalue weighted by Gasteiger charge is -2.06. The summed E-state index contributed by atoms with van der Waals surface area (Å²) >= 11 is 0. The van der Waals surface area contributed by atoms with Crippen molar-refractivity contribution in [3.05, 3.63) is 33.1 Å². The first kappa shape index (κ1) is 16.1. The van der Waals surface area contributed by atoms with Crippen molar-refractivity contribution in [2.24, 2.45) is 0 Å². The molecule has 1 rings (SSSR count). The first-order valence-electron chi connectivity index (χ1n) is 5.93. The van der Waals surface area contributed by atoms with Crippen LogP contribution in [0.15, 0.2) is 21.9 Å². The third kappa shape index (κ3) is 6.18. The summed E-state index contributed by atoms with van der Waals surface area (Å²) in [5.74, 6) is -2.31. The van der Waals surface area contributed by atoms with Gasteiger partial charge in [-0.05, 0) is 0 Å². The molecule has 0 bridgehead atoms. The van der Waals surface area contributed by atoms with Gasteiger partial charge in [-0.1, -0.05) is 0 Å². The Morgan fingerprint density at radius 1 is 1.14 bits per heavy atom. The van der Waals surface area contributed by atoms with Crippen LogP contribution in [0.4, 0.5) is 0 Å². The quantitative estimate of drug-likeness (QED) is 0.428. The highest BCUT2D eigenvalue weighted by atomic mass is 16.4. The SMILES string of the molecule is O=C(O)CNC(=O)CNC(=O)CCn1ccc(=O)[nH]c1=O. The second kappa shape index (κ2) is 7.62. The number of carbonyl (C=O) groups is 3. The second-order valence-corrected chi connectivity index (χ2v) is 4.00. The van der Waals surface area contributed by atoms with E-state index in [2.05, 4.69) is 10.6 Å². The van der Waals surface area contributed by atoms with Crippen LogP contribution in [0.25, 0.3) is 0 Å². The Morgan fingerprint density at radius 2 is 1.81 bits per heavy atom. The number of aliphatic carboxylic acids is 1. The van der Waals surface area contributed by atoms with Gasteiger partial charge in [0.2, 0.25) is 11.8 Å². The van der Waals surface area contributed by atoms with E-state index in [-0.39, 0.29) is 19.5 Å². The molecule has 0 saturated carbocycles. The highest BCUT2D eigenvalue weighted by Crippen LogP contribution is 1.85. The average molecular weight is 298 g/mol. The Bertz CT molecular complexity index is 647. The van der Waals surface area contributed by atoms with Crippen molar-refractivity contribution in [3.8, 4) is 0 Å². The van der Waals surface area contributed by atoms with Gasteiger partial charge in [0.05, 0.1) is 6.54 Å². The first-order chi connectivity index (χ1) is 9.88. The molecule has 0 aliphatic carbocycles. The fourth-order valence-corrected chi connectivity index (χ4v) is 1.35. The molecular formula is C11H14N4O6. The van der Waals surface area contributed by atoms with Gasteiger partial charge < -0.3 is 20.3 Å². The zero-order valence-electron chi connectivity index (χ0n) is 10.9. The van der Waals surface area contributed by atoms with Gasteiger partial charge >= 0.3 is 11.7 Å². The largest absolute Gasteiger partial charge is 0.480 e. The summed E-state index contributed by atoms with van der Waals surface area (Å²) in [6, 6.07) is 1.15. The molecule has 0 spiro atoms. The lowest BCUT2D eigenvalue weighted by molar-refractivity contribution is -0.137. The number of carbonyl (C=O) groups excluding carboxylic acids is 2. The molecule has 0 aliphatic rings.